The van der Waals surface area contributed by atoms with Gasteiger partial charge in [0.25, 0.3) is 0 Å². The summed E-state index contributed by atoms with van der Waals surface area (Å²) in [5.41, 5.74) is 0.0558. The van der Waals surface area contributed by atoms with Gasteiger partial charge in [-0.3, -0.25) is 0 Å². The van der Waals surface area contributed by atoms with Crippen LogP contribution in [0, 0.1) is 0 Å². The van der Waals surface area contributed by atoms with Crippen molar-refractivity contribution in [2.45, 2.75) is 51.4 Å². The predicted octanol–water partition coefficient (Wildman–Crippen LogP) is 2.89. The van der Waals surface area contributed by atoms with E-state index >= 15 is 0 Å². The standard InChI is InChI=1S/C13H21NO2/c1-10(12-5-4-8-15-12)14-9-11-6-7-13(2,3)16-11/h4-5,8,10-11,14H,6-7,9H2,1-3H3. The van der Waals surface area contributed by atoms with Gasteiger partial charge in [-0.05, 0) is 45.7 Å². The van der Waals surface area contributed by atoms with Gasteiger partial charge in [-0.1, -0.05) is 0 Å². The highest BCUT2D eigenvalue weighted by molar-refractivity contribution is 5.03. The molecule has 3 nitrogen and oxygen atoms in total. The Labute approximate surface area is 97.2 Å². The highest BCUT2D eigenvalue weighted by Gasteiger charge is 2.31. The fraction of sp³-hybridized carbons (Fsp3) is 0.692. The zero-order valence-electron chi connectivity index (χ0n) is 10.3. The number of ether oxygens (including phenoxy) is 1. The molecule has 1 aliphatic rings. The lowest BCUT2D eigenvalue weighted by Gasteiger charge is -2.20. The molecule has 1 aromatic rings. The third-order valence-corrected chi connectivity index (χ3v) is 3.18. The SMILES string of the molecule is CC(NCC1CCC(C)(C)O1)c1ccco1. The summed E-state index contributed by atoms with van der Waals surface area (Å²) in [5, 5.41) is 3.45. The fourth-order valence-electron chi connectivity index (χ4n) is 2.17. The summed E-state index contributed by atoms with van der Waals surface area (Å²) >= 11 is 0. The largest absolute Gasteiger partial charge is 0.468 e. The third-order valence-electron chi connectivity index (χ3n) is 3.18. The van der Waals surface area contributed by atoms with Crippen molar-refractivity contribution < 1.29 is 9.15 Å². The summed E-state index contributed by atoms with van der Waals surface area (Å²) in [5.74, 6) is 0.984. The van der Waals surface area contributed by atoms with Gasteiger partial charge in [0.05, 0.1) is 24.0 Å². The van der Waals surface area contributed by atoms with Crippen LogP contribution in [0.5, 0.6) is 0 Å². The van der Waals surface area contributed by atoms with E-state index in [2.05, 4.69) is 26.1 Å². The summed E-state index contributed by atoms with van der Waals surface area (Å²) in [6.07, 6.45) is 4.34. The van der Waals surface area contributed by atoms with E-state index in [-0.39, 0.29) is 11.6 Å². The summed E-state index contributed by atoms with van der Waals surface area (Å²) in [6.45, 7) is 7.32. The zero-order valence-corrected chi connectivity index (χ0v) is 10.3. The number of hydrogen-bond acceptors (Lipinski definition) is 3. The highest BCUT2D eigenvalue weighted by atomic mass is 16.5. The van der Waals surface area contributed by atoms with Crippen molar-refractivity contribution >= 4 is 0 Å². The minimum atomic E-state index is 0.0558. The van der Waals surface area contributed by atoms with E-state index in [1.54, 1.807) is 6.26 Å². The highest BCUT2D eigenvalue weighted by Crippen LogP contribution is 2.29. The second kappa shape index (κ2) is 4.60. The first-order chi connectivity index (χ1) is 7.57. The predicted molar refractivity (Wildman–Crippen MR) is 63.3 cm³/mol. The molecule has 90 valence electrons. The molecule has 1 N–H and O–H groups in total. The summed E-state index contributed by atoms with van der Waals surface area (Å²) in [6, 6.07) is 4.17. The number of furan rings is 1. The summed E-state index contributed by atoms with van der Waals surface area (Å²) in [4.78, 5) is 0. The molecule has 3 heteroatoms. The molecule has 2 heterocycles. The van der Waals surface area contributed by atoms with E-state index in [0.717, 1.165) is 25.1 Å². The molecule has 0 bridgehead atoms. The molecule has 2 atom stereocenters. The molecule has 16 heavy (non-hydrogen) atoms. The topological polar surface area (TPSA) is 34.4 Å². The van der Waals surface area contributed by atoms with Gasteiger partial charge in [0, 0.05) is 6.54 Å². The van der Waals surface area contributed by atoms with Crippen molar-refractivity contribution in [3.8, 4) is 0 Å². The molecule has 1 fully saturated rings. The van der Waals surface area contributed by atoms with Gasteiger partial charge < -0.3 is 14.5 Å². The van der Waals surface area contributed by atoms with Crippen LogP contribution < -0.4 is 5.32 Å². The van der Waals surface area contributed by atoms with E-state index in [9.17, 15) is 0 Å². The van der Waals surface area contributed by atoms with Crippen molar-refractivity contribution in [3.63, 3.8) is 0 Å². The van der Waals surface area contributed by atoms with E-state index in [4.69, 9.17) is 9.15 Å². The Hall–Kier alpha value is -0.800. The third kappa shape index (κ3) is 2.86. The van der Waals surface area contributed by atoms with E-state index in [1.165, 1.54) is 0 Å². The summed E-state index contributed by atoms with van der Waals surface area (Å²) < 4.78 is 11.3. The Kier molecular flexibility index (Phi) is 3.36. The number of hydrogen-bond donors (Lipinski definition) is 1. The van der Waals surface area contributed by atoms with Crippen molar-refractivity contribution in [2.75, 3.05) is 6.54 Å². The first-order valence-corrected chi connectivity index (χ1v) is 6.01. The Morgan fingerprint density at radius 2 is 2.38 bits per heavy atom. The average molecular weight is 223 g/mol. The van der Waals surface area contributed by atoms with Crippen LogP contribution >= 0.6 is 0 Å². The second-order valence-electron chi connectivity index (χ2n) is 5.18. The molecule has 0 aromatic carbocycles. The molecule has 0 spiro atoms. The van der Waals surface area contributed by atoms with Crippen LogP contribution in [0.2, 0.25) is 0 Å². The van der Waals surface area contributed by atoms with Gasteiger partial charge in [0.1, 0.15) is 5.76 Å². The first kappa shape index (κ1) is 11.7. The van der Waals surface area contributed by atoms with Gasteiger partial charge in [0.15, 0.2) is 0 Å². The molecule has 0 amide bonds. The lowest BCUT2D eigenvalue weighted by molar-refractivity contribution is -0.0151. The van der Waals surface area contributed by atoms with Crippen LogP contribution in [0.1, 0.15) is 45.4 Å². The van der Waals surface area contributed by atoms with Crippen LogP contribution in [0.3, 0.4) is 0 Å². The lowest BCUT2D eigenvalue weighted by atomic mass is 10.1. The van der Waals surface area contributed by atoms with Crippen molar-refractivity contribution in [1.82, 2.24) is 5.32 Å². The van der Waals surface area contributed by atoms with Gasteiger partial charge in [-0.25, -0.2) is 0 Å². The maximum Gasteiger partial charge on any atom is 0.120 e. The number of rotatable bonds is 4. The molecule has 1 saturated heterocycles. The number of nitrogens with one attached hydrogen (secondary N) is 1. The first-order valence-electron chi connectivity index (χ1n) is 6.01. The van der Waals surface area contributed by atoms with Crippen LogP contribution in [0.4, 0.5) is 0 Å². The molecule has 2 unspecified atom stereocenters. The van der Waals surface area contributed by atoms with Crippen LogP contribution in [0.15, 0.2) is 22.8 Å². The monoisotopic (exact) mass is 223 g/mol. The van der Waals surface area contributed by atoms with E-state index < -0.39 is 0 Å². The fourth-order valence-corrected chi connectivity index (χ4v) is 2.17. The van der Waals surface area contributed by atoms with Gasteiger partial charge in [-0.15, -0.1) is 0 Å². The zero-order chi connectivity index (χ0) is 11.6. The Balaban J connectivity index is 1.76. The summed E-state index contributed by atoms with van der Waals surface area (Å²) in [7, 11) is 0. The smallest absolute Gasteiger partial charge is 0.120 e. The minimum absolute atomic E-state index is 0.0558. The maximum absolute atomic E-state index is 5.92. The minimum Gasteiger partial charge on any atom is -0.468 e. The lowest BCUT2D eigenvalue weighted by Crippen LogP contribution is -2.30. The van der Waals surface area contributed by atoms with E-state index in [1.807, 2.05) is 12.1 Å². The molecule has 0 saturated carbocycles. The molecular formula is C13H21NO2. The molecule has 1 aromatic heterocycles. The van der Waals surface area contributed by atoms with Gasteiger partial charge in [-0.2, -0.15) is 0 Å². The Morgan fingerprint density at radius 1 is 1.56 bits per heavy atom. The van der Waals surface area contributed by atoms with Crippen LogP contribution in [0.25, 0.3) is 0 Å². The second-order valence-corrected chi connectivity index (χ2v) is 5.18. The van der Waals surface area contributed by atoms with Gasteiger partial charge >= 0.3 is 0 Å². The normalized spacial score (nSPS) is 25.8. The molecule has 0 aliphatic carbocycles. The Bertz CT molecular complexity index is 319. The quantitative estimate of drug-likeness (QED) is 0.852. The maximum atomic E-state index is 5.92. The molecule has 2 rings (SSSR count). The van der Waals surface area contributed by atoms with Crippen LogP contribution in [-0.4, -0.2) is 18.2 Å². The average Bonchev–Trinajstić information content (AvgIpc) is 2.83. The molecule has 0 radical (unpaired) electrons. The van der Waals surface area contributed by atoms with Crippen LogP contribution in [-0.2, 0) is 4.74 Å². The molecular weight excluding hydrogens is 202 g/mol. The van der Waals surface area contributed by atoms with Crippen molar-refractivity contribution in [2.24, 2.45) is 0 Å². The molecule has 1 aliphatic heterocycles. The van der Waals surface area contributed by atoms with Crippen molar-refractivity contribution in [1.29, 1.82) is 0 Å². The van der Waals surface area contributed by atoms with E-state index in [0.29, 0.717) is 6.10 Å². The Morgan fingerprint density at radius 3 is 2.94 bits per heavy atom. The van der Waals surface area contributed by atoms with Crippen molar-refractivity contribution in [3.05, 3.63) is 24.2 Å². The van der Waals surface area contributed by atoms with Gasteiger partial charge in [0.2, 0.25) is 0 Å².